The Morgan fingerprint density at radius 3 is 2.69 bits per heavy atom. The molecule has 1 fully saturated rings. The first-order valence-electron chi connectivity index (χ1n) is 10.3. The SMILES string of the molecule is CN(Cc1cccnc1)C(=O)c1ccccc1SCC(=O)NCC1CCCCC1. The Balaban J connectivity index is 1.53. The summed E-state index contributed by atoms with van der Waals surface area (Å²) >= 11 is 1.42. The lowest BCUT2D eigenvalue weighted by Gasteiger charge is -2.21. The van der Waals surface area contributed by atoms with Crippen LogP contribution in [0.25, 0.3) is 0 Å². The van der Waals surface area contributed by atoms with Crippen molar-refractivity contribution >= 4 is 23.6 Å². The molecule has 6 heteroatoms. The molecule has 2 aromatic rings. The number of hydrogen-bond acceptors (Lipinski definition) is 4. The lowest BCUT2D eigenvalue weighted by Crippen LogP contribution is -2.31. The Morgan fingerprint density at radius 1 is 1.14 bits per heavy atom. The molecule has 2 amide bonds. The van der Waals surface area contributed by atoms with E-state index in [1.165, 1.54) is 43.9 Å². The maximum absolute atomic E-state index is 12.9. The summed E-state index contributed by atoms with van der Waals surface area (Å²) in [6.45, 7) is 1.27. The number of rotatable bonds is 8. The summed E-state index contributed by atoms with van der Waals surface area (Å²) < 4.78 is 0. The third kappa shape index (κ3) is 6.60. The Hall–Kier alpha value is -2.34. The zero-order valence-corrected chi connectivity index (χ0v) is 17.8. The van der Waals surface area contributed by atoms with Gasteiger partial charge in [0.15, 0.2) is 0 Å². The first-order valence-corrected chi connectivity index (χ1v) is 11.2. The summed E-state index contributed by atoms with van der Waals surface area (Å²) in [5, 5.41) is 3.06. The van der Waals surface area contributed by atoms with Crippen LogP contribution in [0.2, 0.25) is 0 Å². The first kappa shape index (κ1) is 21.4. The number of nitrogens with one attached hydrogen (secondary N) is 1. The van der Waals surface area contributed by atoms with Crippen molar-refractivity contribution in [3.05, 3.63) is 59.9 Å². The van der Waals surface area contributed by atoms with Gasteiger partial charge in [-0.05, 0) is 42.5 Å². The van der Waals surface area contributed by atoms with E-state index in [1.807, 2.05) is 36.4 Å². The average Bonchev–Trinajstić information content (AvgIpc) is 2.77. The van der Waals surface area contributed by atoms with Crippen LogP contribution in [0, 0.1) is 5.92 Å². The van der Waals surface area contributed by atoms with Crippen molar-refractivity contribution < 1.29 is 9.59 Å². The smallest absolute Gasteiger partial charge is 0.255 e. The van der Waals surface area contributed by atoms with Crippen molar-refractivity contribution in [1.29, 1.82) is 0 Å². The van der Waals surface area contributed by atoms with Gasteiger partial charge in [-0.25, -0.2) is 0 Å². The highest BCUT2D eigenvalue weighted by atomic mass is 32.2. The minimum absolute atomic E-state index is 0.0338. The quantitative estimate of drug-likeness (QED) is 0.663. The predicted molar refractivity (Wildman–Crippen MR) is 117 cm³/mol. The van der Waals surface area contributed by atoms with Crippen LogP contribution >= 0.6 is 11.8 Å². The van der Waals surface area contributed by atoms with Crippen molar-refractivity contribution in [3.8, 4) is 0 Å². The number of benzene rings is 1. The molecule has 0 bridgehead atoms. The van der Waals surface area contributed by atoms with Gasteiger partial charge in [0.25, 0.3) is 5.91 Å². The molecule has 5 nitrogen and oxygen atoms in total. The lowest BCUT2D eigenvalue weighted by atomic mass is 9.89. The largest absolute Gasteiger partial charge is 0.355 e. The molecule has 1 aliphatic rings. The van der Waals surface area contributed by atoms with Crippen LogP contribution in [-0.4, -0.2) is 41.0 Å². The topological polar surface area (TPSA) is 62.3 Å². The lowest BCUT2D eigenvalue weighted by molar-refractivity contribution is -0.118. The van der Waals surface area contributed by atoms with Crippen molar-refractivity contribution in [2.24, 2.45) is 5.92 Å². The van der Waals surface area contributed by atoms with Gasteiger partial charge in [-0.3, -0.25) is 14.6 Å². The molecule has 0 saturated heterocycles. The summed E-state index contributed by atoms with van der Waals surface area (Å²) in [6.07, 6.45) is 9.79. The number of hydrogen-bond donors (Lipinski definition) is 1. The molecule has 29 heavy (non-hydrogen) atoms. The number of pyridine rings is 1. The van der Waals surface area contributed by atoms with E-state index in [2.05, 4.69) is 10.3 Å². The molecule has 1 aromatic carbocycles. The van der Waals surface area contributed by atoms with Crippen LogP contribution in [0.1, 0.15) is 48.0 Å². The molecule has 1 aromatic heterocycles. The van der Waals surface area contributed by atoms with Crippen molar-refractivity contribution in [2.45, 2.75) is 43.5 Å². The fourth-order valence-corrected chi connectivity index (χ4v) is 4.53. The Morgan fingerprint density at radius 2 is 1.93 bits per heavy atom. The summed E-state index contributed by atoms with van der Waals surface area (Å²) in [5.41, 5.74) is 1.61. The minimum atomic E-state index is -0.0560. The summed E-state index contributed by atoms with van der Waals surface area (Å²) in [4.78, 5) is 31.8. The molecule has 1 saturated carbocycles. The number of thioether (sulfide) groups is 1. The third-order valence-electron chi connectivity index (χ3n) is 5.28. The molecule has 154 valence electrons. The number of aromatic nitrogens is 1. The molecule has 0 spiro atoms. The van der Waals surface area contributed by atoms with E-state index >= 15 is 0 Å². The van der Waals surface area contributed by atoms with Crippen molar-refractivity contribution in [1.82, 2.24) is 15.2 Å². The van der Waals surface area contributed by atoms with Crippen LogP contribution in [0.15, 0.2) is 53.7 Å². The van der Waals surface area contributed by atoms with Gasteiger partial charge in [-0.1, -0.05) is 37.5 Å². The second-order valence-electron chi connectivity index (χ2n) is 7.62. The third-order valence-corrected chi connectivity index (χ3v) is 6.35. The molecule has 3 rings (SSSR count). The van der Waals surface area contributed by atoms with Gasteiger partial charge in [0.05, 0.1) is 11.3 Å². The molecule has 0 aliphatic heterocycles. The van der Waals surface area contributed by atoms with E-state index in [0.717, 1.165) is 17.0 Å². The van der Waals surface area contributed by atoms with Crippen LogP contribution in [0.4, 0.5) is 0 Å². The van der Waals surface area contributed by atoms with Gasteiger partial charge in [-0.2, -0.15) is 0 Å². The van der Waals surface area contributed by atoms with E-state index in [0.29, 0.717) is 23.8 Å². The van der Waals surface area contributed by atoms with Crippen LogP contribution in [0.5, 0.6) is 0 Å². The van der Waals surface area contributed by atoms with E-state index in [9.17, 15) is 9.59 Å². The first-order chi connectivity index (χ1) is 14.1. The van der Waals surface area contributed by atoms with E-state index < -0.39 is 0 Å². The molecular weight excluding hydrogens is 382 g/mol. The van der Waals surface area contributed by atoms with E-state index in [-0.39, 0.29) is 11.8 Å². The molecule has 1 aliphatic carbocycles. The van der Waals surface area contributed by atoms with E-state index in [1.54, 1.807) is 24.3 Å². The van der Waals surface area contributed by atoms with Crippen LogP contribution < -0.4 is 5.32 Å². The van der Waals surface area contributed by atoms with Gasteiger partial charge >= 0.3 is 0 Å². The van der Waals surface area contributed by atoms with Crippen LogP contribution in [0.3, 0.4) is 0 Å². The zero-order valence-electron chi connectivity index (χ0n) is 17.0. The highest BCUT2D eigenvalue weighted by Crippen LogP contribution is 2.25. The monoisotopic (exact) mass is 411 g/mol. The van der Waals surface area contributed by atoms with Gasteiger partial charge in [-0.15, -0.1) is 11.8 Å². The standard InChI is InChI=1S/C23H29N3O2S/c1-26(16-19-10-7-13-24-14-19)23(28)20-11-5-6-12-21(20)29-17-22(27)25-15-18-8-3-2-4-9-18/h5-7,10-14,18H,2-4,8-9,15-17H2,1H3,(H,25,27). The second kappa shape index (κ2) is 11.0. The fraction of sp³-hybridized carbons (Fsp3) is 0.435. The number of carbonyl (C=O) groups excluding carboxylic acids is 2. The summed E-state index contributed by atoms with van der Waals surface area (Å²) in [6, 6.07) is 11.3. The Labute approximate surface area is 177 Å². The average molecular weight is 412 g/mol. The Kier molecular flexibility index (Phi) is 8.11. The van der Waals surface area contributed by atoms with Crippen molar-refractivity contribution in [2.75, 3.05) is 19.3 Å². The van der Waals surface area contributed by atoms with Crippen molar-refractivity contribution in [3.63, 3.8) is 0 Å². The highest BCUT2D eigenvalue weighted by Gasteiger charge is 2.18. The highest BCUT2D eigenvalue weighted by molar-refractivity contribution is 8.00. The molecule has 1 heterocycles. The van der Waals surface area contributed by atoms with Gasteiger partial charge in [0.2, 0.25) is 5.91 Å². The summed E-state index contributed by atoms with van der Waals surface area (Å²) in [5.74, 6) is 0.919. The molecular formula is C23H29N3O2S. The minimum Gasteiger partial charge on any atom is -0.355 e. The normalized spacial score (nSPS) is 14.4. The molecule has 0 radical (unpaired) electrons. The zero-order chi connectivity index (χ0) is 20.5. The van der Waals surface area contributed by atoms with Crippen LogP contribution in [-0.2, 0) is 11.3 Å². The molecule has 0 atom stereocenters. The van der Waals surface area contributed by atoms with Gasteiger partial charge in [0.1, 0.15) is 0 Å². The van der Waals surface area contributed by atoms with E-state index in [4.69, 9.17) is 0 Å². The fourth-order valence-electron chi connectivity index (χ4n) is 3.66. The van der Waals surface area contributed by atoms with Gasteiger partial charge < -0.3 is 10.2 Å². The maximum Gasteiger partial charge on any atom is 0.255 e. The Bertz CT molecular complexity index is 807. The molecule has 0 unspecified atom stereocenters. The number of carbonyl (C=O) groups is 2. The predicted octanol–water partition coefficient (Wildman–Crippen LogP) is 4.14. The number of amides is 2. The number of nitrogens with zero attached hydrogens (tertiary/aromatic N) is 2. The molecule has 1 N–H and O–H groups in total. The summed E-state index contributed by atoms with van der Waals surface area (Å²) in [7, 11) is 1.79. The maximum atomic E-state index is 12.9. The van der Waals surface area contributed by atoms with Gasteiger partial charge in [0, 0.05) is 37.4 Å². The second-order valence-corrected chi connectivity index (χ2v) is 8.63.